The summed E-state index contributed by atoms with van der Waals surface area (Å²) in [4.78, 5) is 18.2. The van der Waals surface area contributed by atoms with Crippen molar-refractivity contribution in [3.05, 3.63) is 28.8 Å². The number of piperidine rings is 1. The van der Waals surface area contributed by atoms with E-state index in [0.29, 0.717) is 5.92 Å². The minimum Gasteiger partial charge on any atom is -0.347 e. The van der Waals surface area contributed by atoms with Gasteiger partial charge in [-0.05, 0) is 31.4 Å². The van der Waals surface area contributed by atoms with Crippen LogP contribution in [0.15, 0.2) is 12.3 Å². The van der Waals surface area contributed by atoms with Crippen molar-refractivity contribution < 1.29 is 9.18 Å². The average Bonchev–Trinajstić information content (AvgIpc) is 2.72. The van der Waals surface area contributed by atoms with Crippen LogP contribution in [0, 0.1) is 11.7 Å². The van der Waals surface area contributed by atoms with Crippen molar-refractivity contribution in [3.63, 3.8) is 0 Å². The molecule has 2 aliphatic heterocycles. The molecule has 3 heterocycles. The van der Waals surface area contributed by atoms with Gasteiger partial charge in [-0.1, -0.05) is 11.6 Å². The minimum absolute atomic E-state index is 0.0763. The highest BCUT2D eigenvalue weighted by atomic mass is 35.5. The molecule has 0 aromatic carbocycles. The third-order valence-electron chi connectivity index (χ3n) is 3.84. The Morgan fingerprint density at radius 2 is 2.37 bits per heavy atom. The molecule has 6 heteroatoms. The van der Waals surface area contributed by atoms with Crippen LogP contribution < -0.4 is 5.32 Å². The number of fused-ring (bicyclic) bond motifs is 2. The van der Waals surface area contributed by atoms with Gasteiger partial charge in [-0.2, -0.15) is 0 Å². The summed E-state index contributed by atoms with van der Waals surface area (Å²) in [5.74, 6) is -0.210. The van der Waals surface area contributed by atoms with Crippen LogP contribution in [0.1, 0.15) is 23.3 Å². The number of halogens is 2. The van der Waals surface area contributed by atoms with Crippen LogP contribution in [-0.4, -0.2) is 41.5 Å². The number of hydrogen-bond acceptors (Lipinski definition) is 3. The Hall–Kier alpha value is -1.20. The van der Waals surface area contributed by atoms with E-state index >= 15 is 0 Å². The van der Waals surface area contributed by atoms with Gasteiger partial charge in [0.25, 0.3) is 5.91 Å². The molecule has 102 valence electrons. The van der Waals surface area contributed by atoms with Crippen molar-refractivity contribution >= 4 is 17.5 Å². The van der Waals surface area contributed by atoms with E-state index in [1.54, 1.807) is 0 Å². The molecule has 0 spiro atoms. The van der Waals surface area contributed by atoms with Crippen LogP contribution in [0.4, 0.5) is 4.39 Å². The van der Waals surface area contributed by atoms with E-state index in [-0.39, 0.29) is 22.7 Å². The highest BCUT2D eigenvalue weighted by Gasteiger charge is 2.33. The molecule has 2 bridgehead atoms. The van der Waals surface area contributed by atoms with E-state index in [1.165, 1.54) is 12.5 Å². The van der Waals surface area contributed by atoms with E-state index < -0.39 is 5.82 Å². The normalized spacial score (nSPS) is 29.3. The van der Waals surface area contributed by atoms with Crippen molar-refractivity contribution in [3.8, 4) is 0 Å². The predicted octanol–water partition coefficient (Wildman–Crippen LogP) is 1.70. The zero-order valence-electron chi connectivity index (χ0n) is 10.4. The number of rotatable bonds is 2. The minimum atomic E-state index is -0.611. The van der Waals surface area contributed by atoms with Crippen molar-refractivity contribution in [2.45, 2.75) is 18.9 Å². The summed E-state index contributed by atoms with van der Waals surface area (Å²) in [7, 11) is 0. The molecule has 2 aliphatic rings. The van der Waals surface area contributed by atoms with Crippen molar-refractivity contribution in [1.82, 2.24) is 15.2 Å². The third-order valence-corrected chi connectivity index (χ3v) is 4.13. The van der Waals surface area contributed by atoms with Gasteiger partial charge in [0.05, 0.1) is 11.2 Å². The molecule has 1 aromatic heterocycles. The standard InChI is InChI=1S/C13H15ClFN3O/c14-10-4-12(16-5-11(10)15)13(19)17-9-3-8-1-2-18(6-8)7-9/h4-5,8-9H,1-3,6-7H2,(H,17,19)/t8-,9+/m0/s1. The Bertz CT molecular complexity index is 499. The van der Waals surface area contributed by atoms with Crippen LogP contribution in [0.2, 0.25) is 5.02 Å². The lowest BCUT2D eigenvalue weighted by Crippen LogP contribution is -2.47. The third kappa shape index (κ3) is 2.72. The number of amides is 1. The van der Waals surface area contributed by atoms with Gasteiger partial charge in [-0.25, -0.2) is 9.37 Å². The molecule has 2 saturated heterocycles. The van der Waals surface area contributed by atoms with E-state index in [0.717, 1.165) is 32.3 Å². The largest absolute Gasteiger partial charge is 0.347 e. The smallest absolute Gasteiger partial charge is 0.270 e. The summed E-state index contributed by atoms with van der Waals surface area (Å²) < 4.78 is 13.0. The molecule has 1 aromatic rings. The number of carbonyl (C=O) groups is 1. The number of pyridine rings is 1. The van der Waals surface area contributed by atoms with Gasteiger partial charge in [-0.3, -0.25) is 4.79 Å². The van der Waals surface area contributed by atoms with Crippen molar-refractivity contribution in [1.29, 1.82) is 0 Å². The second-order valence-electron chi connectivity index (χ2n) is 5.30. The van der Waals surface area contributed by atoms with Gasteiger partial charge in [-0.15, -0.1) is 0 Å². The Balaban J connectivity index is 1.66. The summed E-state index contributed by atoms with van der Waals surface area (Å²) in [6.07, 6.45) is 3.20. The maximum absolute atomic E-state index is 13.0. The molecule has 4 nitrogen and oxygen atoms in total. The lowest BCUT2D eigenvalue weighted by molar-refractivity contribution is 0.0904. The summed E-state index contributed by atoms with van der Waals surface area (Å²) in [5, 5.41) is 2.88. The molecule has 3 rings (SSSR count). The van der Waals surface area contributed by atoms with Crippen LogP contribution in [0.5, 0.6) is 0 Å². The zero-order valence-corrected chi connectivity index (χ0v) is 11.2. The lowest BCUT2D eigenvalue weighted by Gasteiger charge is -2.30. The first-order valence-electron chi connectivity index (χ1n) is 6.46. The first-order valence-corrected chi connectivity index (χ1v) is 6.84. The topological polar surface area (TPSA) is 45.2 Å². The lowest BCUT2D eigenvalue weighted by atomic mass is 9.97. The molecule has 2 fully saturated rings. The summed E-state index contributed by atoms with van der Waals surface area (Å²) >= 11 is 5.65. The number of hydrogen-bond donors (Lipinski definition) is 1. The molecule has 1 N–H and O–H groups in total. The monoisotopic (exact) mass is 283 g/mol. The van der Waals surface area contributed by atoms with E-state index in [1.807, 2.05) is 0 Å². The molecule has 1 unspecified atom stereocenters. The molecular formula is C13H15ClFN3O. The van der Waals surface area contributed by atoms with Gasteiger partial charge in [0.2, 0.25) is 0 Å². The van der Waals surface area contributed by atoms with Gasteiger partial charge in [0, 0.05) is 19.1 Å². The summed E-state index contributed by atoms with van der Waals surface area (Å²) in [6.45, 7) is 3.15. The number of carbonyl (C=O) groups excluding carboxylic acids is 1. The van der Waals surface area contributed by atoms with Crippen LogP contribution in [0.3, 0.4) is 0 Å². The molecule has 19 heavy (non-hydrogen) atoms. The fourth-order valence-electron chi connectivity index (χ4n) is 2.96. The van der Waals surface area contributed by atoms with Gasteiger partial charge in [0.15, 0.2) is 5.82 Å². The van der Waals surface area contributed by atoms with E-state index in [9.17, 15) is 9.18 Å². The fraction of sp³-hybridized carbons (Fsp3) is 0.538. The fourth-order valence-corrected chi connectivity index (χ4v) is 3.11. The molecule has 0 aliphatic carbocycles. The maximum atomic E-state index is 13.0. The SMILES string of the molecule is O=C(N[C@@H]1C[C@@H]2CCN(C2)C1)c1cc(Cl)c(F)cn1. The van der Waals surface area contributed by atoms with Gasteiger partial charge >= 0.3 is 0 Å². The second kappa shape index (κ2) is 5.06. The Morgan fingerprint density at radius 3 is 3.11 bits per heavy atom. The number of aromatic nitrogens is 1. The van der Waals surface area contributed by atoms with Gasteiger partial charge in [0.1, 0.15) is 5.69 Å². The Labute approximate surface area is 115 Å². The number of nitrogens with zero attached hydrogens (tertiary/aromatic N) is 2. The zero-order chi connectivity index (χ0) is 13.4. The quantitative estimate of drug-likeness (QED) is 0.898. The maximum Gasteiger partial charge on any atom is 0.270 e. The highest BCUT2D eigenvalue weighted by Crippen LogP contribution is 2.26. The summed E-state index contributed by atoms with van der Waals surface area (Å²) in [5.41, 5.74) is 0.166. The second-order valence-corrected chi connectivity index (χ2v) is 5.71. The van der Waals surface area contributed by atoms with Crippen molar-refractivity contribution in [2.24, 2.45) is 5.92 Å². The molecular weight excluding hydrogens is 269 g/mol. The molecule has 0 saturated carbocycles. The number of nitrogens with one attached hydrogen (secondary N) is 1. The molecule has 3 atom stereocenters. The first kappa shape index (κ1) is 12.8. The van der Waals surface area contributed by atoms with Crippen LogP contribution in [0.25, 0.3) is 0 Å². The Morgan fingerprint density at radius 1 is 1.53 bits per heavy atom. The predicted molar refractivity (Wildman–Crippen MR) is 69.6 cm³/mol. The van der Waals surface area contributed by atoms with Gasteiger partial charge < -0.3 is 10.2 Å². The molecule has 1 amide bonds. The average molecular weight is 284 g/mol. The summed E-state index contributed by atoms with van der Waals surface area (Å²) in [6, 6.07) is 1.42. The van der Waals surface area contributed by atoms with Crippen molar-refractivity contribution in [2.75, 3.05) is 19.6 Å². The van der Waals surface area contributed by atoms with Crippen LogP contribution in [-0.2, 0) is 0 Å². The highest BCUT2D eigenvalue weighted by molar-refractivity contribution is 6.31. The Kier molecular flexibility index (Phi) is 3.41. The van der Waals surface area contributed by atoms with Crippen LogP contribution >= 0.6 is 11.6 Å². The molecule has 0 radical (unpaired) electrons. The van der Waals surface area contributed by atoms with E-state index in [2.05, 4.69) is 15.2 Å². The first-order chi connectivity index (χ1) is 9.11. The van der Waals surface area contributed by atoms with E-state index in [4.69, 9.17) is 11.6 Å².